The van der Waals surface area contributed by atoms with Gasteiger partial charge >= 0.3 is 11.6 Å². The Kier molecular flexibility index (Phi) is 5.10. The first-order valence-corrected chi connectivity index (χ1v) is 11.2. The SMILES string of the molecule is CC/C(=C\c1cc2ccc(C#C[Si](C)(C)C)cc2oc1=O)C(=O)O. The standard InChI is InChI=1S/C19H20O4Si/c1-5-14(18(20)21)11-16-12-15-7-6-13(8-9-24(2,3)4)10-17(15)23-19(16)22/h6-7,10-12H,5H2,1-4H3,(H,20,21)/b14-11+. The van der Waals surface area contributed by atoms with Gasteiger partial charge in [0, 0.05) is 16.5 Å². The van der Waals surface area contributed by atoms with Crippen LogP contribution in [0.1, 0.15) is 24.5 Å². The van der Waals surface area contributed by atoms with Crippen LogP contribution in [0.3, 0.4) is 0 Å². The molecule has 24 heavy (non-hydrogen) atoms. The number of hydrogen-bond acceptors (Lipinski definition) is 3. The van der Waals surface area contributed by atoms with E-state index in [0.717, 1.165) is 10.9 Å². The van der Waals surface area contributed by atoms with E-state index in [0.29, 0.717) is 12.0 Å². The molecular weight excluding hydrogens is 320 g/mol. The number of rotatable bonds is 3. The summed E-state index contributed by atoms with van der Waals surface area (Å²) >= 11 is 0. The lowest BCUT2D eigenvalue weighted by Gasteiger charge is -2.04. The number of hydrogen-bond donors (Lipinski definition) is 1. The van der Waals surface area contributed by atoms with Gasteiger partial charge in [0.25, 0.3) is 0 Å². The monoisotopic (exact) mass is 340 g/mol. The third-order valence-electron chi connectivity index (χ3n) is 3.33. The molecule has 1 heterocycles. The van der Waals surface area contributed by atoms with E-state index in [4.69, 9.17) is 9.52 Å². The second-order valence-electron chi connectivity index (χ2n) is 6.57. The van der Waals surface area contributed by atoms with E-state index in [9.17, 15) is 9.59 Å². The zero-order valence-electron chi connectivity index (χ0n) is 14.3. The van der Waals surface area contributed by atoms with Crippen LogP contribution >= 0.6 is 0 Å². The Morgan fingerprint density at radius 3 is 2.58 bits per heavy atom. The molecule has 2 aromatic rings. The Morgan fingerprint density at radius 2 is 2.00 bits per heavy atom. The molecule has 0 radical (unpaired) electrons. The maximum absolute atomic E-state index is 12.1. The summed E-state index contributed by atoms with van der Waals surface area (Å²) in [4.78, 5) is 23.2. The van der Waals surface area contributed by atoms with Crippen molar-refractivity contribution in [3.63, 3.8) is 0 Å². The molecule has 0 fully saturated rings. The third-order valence-corrected chi connectivity index (χ3v) is 4.21. The Morgan fingerprint density at radius 1 is 1.29 bits per heavy atom. The highest BCUT2D eigenvalue weighted by atomic mass is 28.3. The van der Waals surface area contributed by atoms with E-state index in [1.807, 2.05) is 12.1 Å². The lowest BCUT2D eigenvalue weighted by atomic mass is 10.1. The average molecular weight is 340 g/mol. The number of aliphatic carboxylic acids is 1. The van der Waals surface area contributed by atoms with Gasteiger partial charge < -0.3 is 9.52 Å². The molecule has 0 spiro atoms. The maximum atomic E-state index is 12.1. The summed E-state index contributed by atoms with van der Waals surface area (Å²) < 4.78 is 5.34. The van der Waals surface area contributed by atoms with Crippen molar-refractivity contribution in [2.45, 2.75) is 33.0 Å². The number of carbonyl (C=O) groups is 1. The first-order chi connectivity index (χ1) is 11.2. The van der Waals surface area contributed by atoms with E-state index < -0.39 is 19.7 Å². The van der Waals surface area contributed by atoms with Crippen molar-refractivity contribution < 1.29 is 14.3 Å². The maximum Gasteiger partial charge on any atom is 0.343 e. The summed E-state index contributed by atoms with van der Waals surface area (Å²) in [5.41, 5.74) is 4.38. The van der Waals surface area contributed by atoms with Crippen molar-refractivity contribution in [2.75, 3.05) is 0 Å². The molecule has 0 saturated heterocycles. The van der Waals surface area contributed by atoms with Gasteiger partial charge in [-0.2, -0.15) is 0 Å². The highest BCUT2D eigenvalue weighted by molar-refractivity contribution is 6.83. The molecule has 124 valence electrons. The second-order valence-corrected chi connectivity index (χ2v) is 11.3. The normalized spacial score (nSPS) is 11.9. The van der Waals surface area contributed by atoms with Crippen molar-refractivity contribution in [1.82, 2.24) is 0 Å². The fraction of sp³-hybridized carbons (Fsp3) is 0.263. The number of carboxylic acids is 1. The molecule has 0 aliphatic heterocycles. The van der Waals surface area contributed by atoms with Crippen LogP contribution in [-0.2, 0) is 4.79 Å². The van der Waals surface area contributed by atoms with Gasteiger partial charge in [-0.3, -0.25) is 0 Å². The Bertz CT molecular complexity index is 934. The molecule has 0 aliphatic carbocycles. The minimum Gasteiger partial charge on any atom is -0.478 e. The molecular formula is C19H20O4Si. The van der Waals surface area contributed by atoms with Gasteiger partial charge in [-0.05, 0) is 36.8 Å². The fourth-order valence-corrected chi connectivity index (χ4v) is 2.59. The predicted molar refractivity (Wildman–Crippen MR) is 98.6 cm³/mol. The zero-order chi connectivity index (χ0) is 17.9. The van der Waals surface area contributed by atoms with Gasteiger partial charge in [-0.1, -0.05) is 32.5 Å². The van der Waals surface area contributed by atoms with Gasteiger partial charge in [-0.25, -0.2) is 9.59 Å². The number of fused-ring (bicyclic) bond motifs is 1. The minimum absolute atomic E-state index is 0.166. The average Bonchev–Trinajstić information content (AvgIpc) is 2.49. The van der Waals surface area contributed by atoms with E-state index >= 15 is 0 Å². The van der Waals surface area contributed by atoms with Crippen LogP contribution in [-0.4, -0.2) is 19.1 Å². The molecule has 0 saturated carbocycles. The van der Waals surface area contributed by atoms with Gasteiger partial charge in [0.05, 0.1) is 5.56 Å². The van der Waals surface area contributed by atoms with E-state index in [2.05, 4.69) is 31.1 Å². The van der Waals surface area contributed by atoms with Crippen molar-refractivity contribution >= 4 is 31.1 Å². The summed E-state index contributed by atoms with van der Waals surface area (Å²) in [6.45, 7) is 8.21. The predicted octanol–water partition coefficient (Wildman–Crippen LogP) is 3.90. The van der Waals surface area contributed by atoms with Crippen molar-refractivity contribution in [3.05, 3.63) is 51.4 Å². The van der Waals surface area contributed by atoms with Crippen molar-refractivity contribution in [3.8, 4) is 11.5 Å². The van der Waals surface area contributed by atoms with Crippen LogP contribution in [0, 0.1) is 11.5 Å². The molecule has 5 heteroatoms. The molecule has 0 atom stereocenters. The quantitative estimate of drug-likeness (QED) is 0.398. The van der Waals surface area contributed by atoms with E-state index in [-0.39, 0.29) is 11.1 Å². The summed E-state index contributed by atoms with van der Waals surface area (Å²) in [6, 6.07) is 7.10. The van der Waals surface area contributed by atoms with Crippen molar-refractivity contribution in [1.29, 1.82) is 0 Å². The first-order valence-electron chi connectivity index (χ1n) is 7.74. The van der Waals surface area contributed by atoms with Crippen LogP contribution in [0.4, 0.5) is 0 Å². The largest absolute Gasteiger partial charge is 0.478 e. The number of benzene rings is 1. The van der Waals surface area contributed by atoms with E-state index in [1.165, 1.54) is 6.08 Å². The summed E-state index contributed by atoms with van der Waals surface area (Å²) in [7, 11) is -1.48. The van der Waals surface area contributed by atoms with Crippen LogP contribution in [0.5, 0.6) is 0 Å². The fourth-order valence-electron chi connectivity index (χ4n) is 2.07. The minimum atomic E-state index is -1.48. The topological polar surface area (TPSA) is 67.5 Å². The molecule has 0 bridgehead atoms. The van der Waals surface area contributed by atoms with E-state index in [1.54, 1.807) is 19.1 Å². The zero-order valence-corrected chi connectivity index (χ0v) is 15.3. The van der Waals surface area contributed by atoms with Crippen LogP contribution in [0.25, 0.3) is 17.0 Å². The molecule has 1 N–H and O–H groups in total. The molecule has 0 unspecified atom stereocenters. The van der Waals surface area contributed by atoms with Crippen LogP contribution < -0.4 is 5.63 Å². The molecule has 2 rings (SSSR count). The first kappa shape index (κ1) is 17.8. The molecule has 0 aliphatic rings. The molecule has 4 nitrogen and oxygen atoms in total. The van der Waals surface area contributed by atoms with Crippen molar-refractivity contribution in [2.24, 2.45) is 0 Å². The Balaban J connectivity index is 2.52. The molecule has 0 amide bonds. The lowest BCUT2D eigenvalue weighted by Crippen LogP contribution is -2.16. The Labute approximate surface area is 141 Å². The lowest BCUT2D eigenvalue weighted by molar-refractivity contribution is -0.132. The van der Waals surface area contributed by atoms with Crippen LogP contribution in [0.2, 0.25) is 19.6 Å². The van der Waals surface area contributed by atoms with Gasteiger partial charge in [0.15, 0.2) is 0 Å². The number of carboxylic acid groups (broad SMARTS) is 1. The van der Waals surface area contributed by atoms with Gasteiger partial charge in [0.2, 0.25) is 0 Å². The highest BCUT2D eigenvalue weighted by Crippen LogP contribution is 2.17. The van der Waals surface area contributed by atoms with Gasteiger partial charge in [-0.15, -0.1) is 5.54 Å². The second kappa shape index (κ2) is 6.89. The highest BCUT2D eigenvalue weighted by Gasteiger charge is 2.10. The smallest absolute Gasteiger partial charge is 0.343 e. The Hall–Kier alpha value is -2.58. The summed E-state index contributed by atoms with van der Waals surface area (Å²) in [5, 5.41) is 9.82. The summed E-state index contributed by atoms with van der Waals surface area (Å²) in [6.07, 6.45) is 1.70. The molecule has 1 aromatic carbocycles. The summed E-state index contributed by atoms with van der Waals surface area (Å²) in [5.74, 6) is 2.09. The third kappa shape index (κ3) is 4.46. The van der Waals surface area contributed by atoms with Gasteiger partial charge in [0.1, 0.15) is 13.7 Å². The molecule has 1 aromatic heterocycles. The van der Waals surface area contributed by atoms with Crippen LogP contribution in [0.15, 0.2) is 39.1 Å².